The maximum atomic E-state index is 12.3. The number of nitrogens with zero attached hydrogens (tertiary/aromatic N) is 1. The molecule has 0 radical (unpaired) electrons. The molecule has 8 nitrogen and oxygen atoms in total. The lowest BCUT2D eigenvalue weighted by atomic mass is 10.2. The van der Waals surface area contributed by atoms with Gasteiger partial charge in [0.25, 0.3) is 5.56 Å². The van der Waals surface area contributed by atoms with E-state index < -0.39 is 11.2 Å². The van der Waals surface area contributed by atoms with E-state index in [2.05, 4.69) is 15.6 Å². The van der Waals surface area contributed by atoms with Gasteiger partial charge in [-0.15, -0.1) is 0 Å². The fourth-order valence-electron chi connectivity index (χ4n) is 2.14. The van der Waals surface area contributed by atoms with Gasteiger partial charge in [-0.25, -0.2) is 4.79 Å². The number of para-hydroxylation sites is 1. The third-order valence-electron chi connectivity index (χ3n) is 3.27. The third kappa shape index (κ3) is 4.29. The Morgan fingerprint density at radius 3 is 2.57 bits per heavy atom. The van der Waals surface area contributed by atoms with Crippen molar-refractivity contribution in [2.75, 3.05) is 13.1 Å². The first kappa shape index (κ1) is 16.5. The molecule has 0 aliphatic heterocycles. The summed E-state index contributed by atoms with van der Waals surface area (Å²) in [4.78, 5) is 49.2. The summed E-state index contributed by atoms with van der Waals surface area (Å²) >= 11 is 0. The Hall–Kier alpha value is -2.90. The number of benzene rings is 1. The van der Waals surface area contributed by atoms with E-state index >= 15 is 0 Å². The summed E-state index contributed by atoms with van der Waals surface area (Å²) in [5.41, 5.74) is -0.492. The lowest BCUT2D eigenvalue weighted by Crippen LogP contribution is -2.38. The molecule has 2 rings (SSSR count). The van der Waals surface area contributed by atoms with Crippen molar-refractivity contribution in [2.24, 2.45) is 0 Å². The Balaban J connectivity index is 1.99. The summed E-state index contributed by atoms with van der Waals surface area (Å²) in [5.74, 6) is -0.469. The molecule has 3 N–H and O–H groups in total. The van der Waals surface area contributed by atoms with Gasteiger partial charge in [0.05, 0.1) is 10.9 Å². The molecular formula is C15H18N4O4. The molecule has 0 aliphatic carbocycles. The molecule has 8 heteroatoms. The van der Waals surface area contributed by atoms with Crippen LogP contribution in [0.5, 0.6) is 0 Å². The first-order valence-electron chi connectivity index (χ1n) is 7.22. The van der Waals surface area contributed by atoms with Crippen molar-refractivity contribution >= 4 is 22.7 Å². The van der Waals surface area contributed by atoms with E-state index in [1.165, 1.54) is 6.92 Å². The Labute approximate surface area is 131 Å². The summed E-state index contributed by atoms with van der Waals surface area (Å²) in [5, 5.41) is 5.55. The van der Waals surface area contributed by atoms with E-state index in [1.54, 1.807) is 24.3 Å². The summed E-state index contributed by atoms with van der Waals surface area (Å²) in [7, 11) is 0. The molecule has 2 amide bonds. The standard InChI is InChI=1S/C15H18N4O4/c1-10(20)16-7-8-17-13(21)6-9-19-14(22)11-4-2-3-5-12(11)18-15(19)23/h2-5H,6-9H2,1H3,(H,16,20)(H,17,21)(H,18,23). The number of rotatable bonds is 6. The number of aromatic amines is 1. The number of aromatic nitrogens is 2. The monoisotopic (exact) mass is 318 g/mol. The zero-order valence-electron chi connectivity index (χ0n) is 12.7. The maximum absolute atomic E-state index is 12.3. The number of H-pyrrole nitrogens is 1. The van der Waals surface area contributed by atoms with Crippen LogP contribution in [-0.2, 0) is 16.1 Å². The first-order chi connectivity index (χ1) is 11.0. The van der Waals surface area contributed by atoms with Gasteiger partial charge in [0.15, 0.2) is 0 Å². The summed E-state index contributed by atoms with van der Waals surface area (Å²) in [6.45, 7) is 2.00. The van der Waals surface area contributed by atoms with Crippen LogP contribution in [-0.4, -0.2) is 34.5 Å². The van der Waals surface area contributed by atoms with Crippen LogP contribution in [0.25, 0.3) is 10.9 Å². The van der Waals surface area contributed by atoms with Gasteiger partial charge in [-0.3, -0.25) is 19.0 Å². The average molecular weight is 318 g/mol. The van der Waals surface area contributed by atoms with Gasteiger partial charge in [0.1, 0.15) is 0 Å². The molecule has 0 fully saturated rings. The fraction of sp³-hybridized carbons (Fsp3) is 0.333. The molecule has 0 saturated heterocycles. The molecule has 1 heterocycles. The van der Waals surface area contributed by atoms with Crippen molar-refractivity contribution in [3.63, 3.8) is 0 Å². The quantitative estimate of drug-likeness (QED) is 0.613. The number of carbonyl (C=O) groups is 2. The van der Waals surface area contributed by atoms with Crippen molar-refractivity contribution in [3.8, 4) is 0 Å². The van der Waals surface area contributed by atoms with Gasteiger partial charge in [-0.1, -0.05) is 12.1 Å². The van der Waals surface area contributed by atoms with Crippen molar-refractivity contribution in [2.45, 2.75) is 19.9 Å². The van der Waals surface area contributed by atoms with Gasteiger partial charge >= 0.3 is 5.69 Å². The van der Waals surface area contributed by atoms with Crippen LogP contribution in [0.4, 0.5) is 0 Å². The minimum Gasteiger partial charge on any atom is -0.355 e. The molecule has 122 valence electrons. The summed E-state index contributed by atoms with van der Waals surface area (Å²) in [6, 6.07) is 6.71. The number of nitrogens with one attached hydrogen (secondary N) is 3. The highest BCUT2D eigenvalue weighted by Gasteiger charge is 2.09. The van der Waals surface area contributed by atoms with Gasteiger partial charge in [0.2, 0.25) is 11.8 Å². The first-order valence-corrected chi connectivity index (χ1v) is 7.22. The molecule has 0 atom stereocenters. The Bertz CT molecular complexity index is 837. The van der Waals surface area contributed by atoms with Gasteiger partial charge in [-0.2, -0.15) is 0 Å². The van der Waals surface area contributed by atoms with Crippen LogP contribution in [0.1, 0.15) is 13.3 Å². The SMILES string of the molecule is CC(=O)NCCNC(=O)CCn1c(=O)[nH]c2ccccc2c1=O. The normalized spacial score (nSPS) is 10.5. The van der Waals surface area contributed by atoms with E-state index in [1.807, 2.05) is 0 Å². The van der Waals surface area contributed by atoms with Crippen LogP contribution < -0.4 is 21.9 Å². The second kappa shape index (κ2) is 7.39. The molecule has 1 aromatic heterocycles. The fourth-order valence-corrected chi connectivity index (χ4v) is 2.14. The molecule has 0 spiro atoms. The molecule has 23 heavy (non-hydrogen) atoms. The van der Waals surface area contributed by atoms with E-state index in [0.29, 0.717) is 24.0 Å². The average Bonchev–Trinajstić information content (AvgIpc) is 2.51. The molecule has 1 aromatic carbocycles. The molecule has 0 unspecified atom stereocenters. The van der Waals surface area contributed by atoms with Crippen molar-refractivity contribution in [3.05, 3.63) is 45.1 Å². The number of hydrogen-bond donors (Lipinski definition) is 3. The van der Waals surface area contributed by atoms with E-state index in [4.69, 9.17) is 0 Å². The zero-order valence-corrected chi connectivity index (χ0v) is 12.7. The molecule has 2 aromatic rings. The highest BCUT2D eigenvalue weighted by atomic mass is 16.2. The van der Waals surface area contributed by atoms with E-state index in [0.717, 1.165) is 4.57 Å². The maximum Gasteiger partial charge on any atom is 0.328 e. The van der Waals surface area contributed by atoms with Crippen LogP contribution in [0.3, 0.4) is 0 Å². The smallest absolute Gasteiger partial charge is 0.328 e. The predicted molar refractivity (Wildman–Crippen MR) is 85.1 cm³/mol. The van der Waals surface area contributed by atoms with Crippen LogP contribution in [0.2, 0.25) is 0 Å². The Morgan fingerprint density at radius 2 is 1.83 bits per heavy atom. The molecular weight excluding hydrogens is 300 g/mol. The Kier molecular flexibility index (Phi) is 5.29. The van der Waals surface area contributed by atoms with Gasteiger partial charge in [-0.05, 0) is 12.1 Å². The van der Waals surface area contributed by atoms with Crippen LogP contribution in [0.15, 0.2) is 33.9 Å². The van der Waals surface area contributed by atoms with Gasteiger partial charge < -0.3 is 15.6 Å². The van der Waals surface area contributed by atoms with Crippen LogP contribution in [0, 0.1) is 0 Å². The highest BCUT2D eigenvalue weighted by Crippen LogP contribution is 2.02. The van der Waals surface area contributed by atoms with E-state index in [-0.39, 0.29) is 24.8 Å². The number of fused-ring (bicyclic) bond motifs is 1. The highest BCUT2D eigenvalue weighted by molar-refractivity contribution is 5.77. The Morgan fingerprint density at radius 1 is 1.13 bits per heavy atom. The topological polar surface area (TPSA) is 113 Å². The second-order valence-corrected chi connectivity index (χ2v) is 5.02. The number of amides is 2. The summed E-state index contributed by atoms with van der Waals surface area (Å²) in [6.07, 6.45) is 0.00139. The second-order valence-electron chi connectivity index (χ2n) is 5.02. The van der Waals surface area contributed by atoms with Gasteiger partial charge in [0, 0.05) is 33.0 Å². The lowest BCUT2D eigenvalue weighted by molar-refractivity contribution is -0.122. The third-order valence-corrected chi connectivity index (χ3v) is 3.27. The van der Waals surface area contributed by atoms with Crippen molar-refractivity contribution in [1.82, 2.24) is 20.2 Å². The molecule has 0 saturated carbocycles. The minimum atomic E-state index is -0.542. The lowest BCUT2D eigenvalue weighted by Gasteiger charge is -2.07. The minimum absolute atomic E-state index is 0.00139. The number of hydrogen-bond acceptors (Lipinski definition) is 4. The summed E-state index contributed by atoms with van der Waals surface area (Å²) < 4.78 is 1.01. The van der Waals surface area contributed by atoms with E-state index in [9.17, 15) is 19.2 Å². The number of carbonyl (C=O) groups excluding carboxylic acids is 2. The molecule has 0 bridgehead atoms. The zero-order chi connectivity index (χ0) is 16.8. The van der Waals surface area contributed by atoms with Crippen molar-refractivity contribution < 1.29 is 9.59 Å². The molecule has 0 aliphatic rings. The largest absolute Gasteiger partial charge is 0.355 e. The van der Waals surface area contributed by atoms with Crippen molar-refractivity contribution in [1.29, 1.82) is 0 Å². The van der Waals surface area contributed by atoms with Crippen LogP contribution >= 0.6 is 0 Å². The predicted octanol–water partition coefficient (Wildman–Crippen LogP) is -0.668.